The Morgan fingerprint density at radius 1 is 1.20 bits per heavy atom. The predicted molar refractivity (Wildman–Crippen MR) is 64.7 cm³/mol. The van der Waals surface area contributed by atoms with Crippen LogP contribution in [-0.2, 0) is 9.05 Å². The molecule has 0 saturated heterocycles. The maximum absolute atomic E-state index is 11.1. The summed E-state index contributed by atoms with van der Waals surface area (Å²) in [6.07, 6.45) is 0. The fraction of sp³-hybridized carbons (Fsp3) is 0.400. The van der Waals surface area contributed by atoms with Crippen LogP contribution in [-0.4, -0.2) is 8.42 Å². The highest BCUT2D eigenvalue weighted by molar-refractivity contribution is 8.13. The van der Waals surface area contributed by atoms with Gasteiger partial charge in [-0.2, -0.15) is 0 Å². The molecule has 86 valence electrons. The Labute approximate surface area is 95.7 Å². The molecule has 1 aromatic carbocycles. The summed E-state index contributed by atoms with van der Waals surface area (Å²) in [7, 11) is 1.48. The normalized spacial score (nSPS) is 10.5. The van der Waals surface area contributed by atoms with E-state index in [1.807, 2.05) is 20.8 Å². The minimum atomic E-state index is -3.73. The van der Waals surface area contributed by atoms with Crippen molar-refractivity contribution in [1.82, 2.24) is 0 Å². The molecule has 0 radical (unpaired) electrons. The second-order valence-electron chi connectivity index (χ2n) is 2.94. The van der Waals surface area contributed by atoms with Crippen molar-refractivity contribution in [1.29, 1.82) is 0 Å². The van der Waals surface area contributed by atoms with Gasteiger partial charge in [0.25, 0.3) is 9.05 Å². The highest BCUT2D eigenvalue weighted by atomic mass is 35.7. The van der Waals surface area contributed by atoms with Gasteiger partial charge in [0.15, 0.2) is 0 Å². The van der Waals surface area contributed by atoms with Crippen molar-refractivity contribution in [2.24, 2.45) is 0 Å². The van der Waals surface area contributed by atoms with Gasteiger partial charge in [-0.05, 0) is 31.0 Å². The number of aryl methyl sites for hydroxylation is 2. The first-order valence-corrected chi connectivity index (χ1v) is 6.94. The molecule has 0 bridgehead atoms. The molecule has 0 aliphatic carbocycles. The summed E-state index contributed by atoms with van der Waals surface area (Å²) in [6.45, 7) is 7.51. The lowest BCUT2D eigenvalue weighted by Crippen LogP contribution is -2.01. The van der Waals surface area contributed by atoms with Crippen LogP contribution in [0.2, 0.25) is 0 Å². The number of nitrogens with two attached hydrogens (primary N) is 1. The molecule has 3 nitrogen and oxygen atoms in total. The maximum Gasteiger partial charge on any atom is 0.263 e. The molecular formula is C10H16ClNO2S. The van der Waals surface area contributed by atoms with Gasteiger partial charge in [0.1, 0.15) is 4.90 Å². The summed E-state index contributed by atoms with van der Waals surface area (Å²) < 4.78 is 22.1. The monoisotopic (exact) mass is 249 g/mol. The smallest absolute Gasteiger partial charge is 0.263 e. The lowest BCUT2D eigenvalue weighted by Gasteiger charge is -2.06. The van der Waals surface area contributed by atoms with E-state index < -0.39 is 9.05 Å². The van der Waals surface area contributed by atoms with Gasteiger partial charge in [0.2, 0.25) is 0 Å². The number of hydrogen-bond acceptors (Lipinski definition) is 3. The average Bonchev–Trinajstić information content (AvgIpc) is 2.02. The Balaban J connectivity index is 0.000000921. The van der Waals surface area contributed by atoms with Crippen molar-refractivity contribution in [2.45, 2.75) is 32.6 Å². The van der Waals surface area contributed by atoms with E-state index in [0.29, 0.717) is 5.56 Å². The van der Waals surface area contributed by atoms with E-state index in [0.717, 1.165) is 5.56 Å². The first-order valence-electron chi connectivity index (χ1n) is 4.64. The van der Waals surface area contributed by atoms with Crippen molar-refractivity contribution in [3.05, 3.63) is 23.3 Å². The van der Waals surface area contributed by atoms with Crippen LogP contribution in [0.3, 0.4) is 0 Å². The summed E-state index contributed by atoms with van der Waals surface area (Å²) in [5, 5.41) is 0. The lowest BCUT2D eigenvalue weighted by molar-refractivity contribution is 0.609. The number of rotatable bonds is 1. The van der Waals surface area contributed by atoms with E-state index in [-0.39, 0.29) is 10.6 Å². The van der Waals surface area contributed by atoms with Crippen molar-refractivity contribution in [2.75, 3.05) is 5.73 Å². The molecule has 1 rings (SSSR count). The number of anilines is 1. The standard InChI is InChI=1S/C8H10ClNO2S.C2H6/c1-5-3-6(2)8(7(10)4-5)13(9,11)12;1-2/h3-4H,10H2,1-2H3;1-2H3. The van der Waals surface area contributed by atoms with E-state index in [1.54, 1.807) is 19.1 Å². The van der Waals surface area contributed by atoms with Crippen LogP contribution in [0.4, 0.5) is 5.69 Å². The Kier molecular flexibility index (Phi) is 5.11. The van der Waals surface area contributed by atoms with Crippen molar-refractivity contribution in [3.8, 4) is 0 Å². The minimum absolute atomic E-state index is 0.0137. The number of benzene rings is 1. The fourth-order valence-corrected chi connectivity index (χ4v) is 2.74. The van der Waals surface area contributed by atoms with E-state index in [1.165, 1.54) is 0 Å². The molecule has 15 heavy (non-hydrogen) atoms. The summed E-state index contributed by atoms with van der Waals surface area (Å²) >= 11 is 0. The summed E-state index contributed by atoms with van der Waals surface area (Å²) in [5.41, 5.74) is 7.24. The average molecular weight is 250 g/mol. The zero-order valence-electron chi connectivity index (χ0n) is 9.33. The molecule has 0 atom stereocenters. The van der Waals surface area contributed by atoms with Crippen molar-refractivity contribution >= 4 is 25.4 Å². The molecule has 0 aromatic heterocycles. The van der Waals surface area contributed by atoms with Crippen LogP contribution >= 0.6 is 10.7 Å². The van der Waals surface area contributed by atoms with Gasteiger partial charge in [-0.25, -0.2) is 8.42 Å². The molecule has 0 aliphatic rings. The minimum Gasteiger partial charge on any atom is -0.398 e. The number of hydrogen-bond donors (Lipinski definition) is 1. The van der Waals surface area contributed by atoms with E-state index in [9.17, 15) is 8.42 Å². The van der Waals surface area contributed by atoms with E-state index in [2.05, 4.69) is 0 Å². The summed E-state index contributed by atoms with van der Waals surface area (Å²) in [4.78, 5) is 0.0137. The number of nitrogen functional groups attached to an aromatic ring is 1. The predicted octanol–water partition coefficient (Wildman–Crippen LogP) is 2.84. The SMILES string of the molecule is CC.Cc1cc(C)c(S(=O)(=O)Cl)c(N)c1. The van der Waals surface area contributed by atoms with Gasteiger partial charge in [-0.3, -0.25) is 0 Å². The highest BCUT2D eigenvalue weighted by Gasteiger charge is 2.17. The maximum atomic E-state index is 11.1. The summed E-state index contributed by atoms with van der Waals surface area (Å²) in [5.74, 6) is 0. The molecule has 0 amide bonds. The molecule has 5 heteroatoms. The first-order chi connectivity index (χ1) is 6.82. The Bertz CT molecular complexity index is 418. The third-order valence-electron chi connectivity index (χ3n) is 1.69. The molecule has 1 aromatic rings. The topological polar surface area (TPSA) is 60.2 Å². The molecular weight excluding hydrogens is 234 g/mol. The largest absolute Gasteiger partial charge is 0.398 e. The molecule has 0 fully saturated rings. The van der Waals surface area contributed by atoms with E-state index in [4.69, 9.17) is 16.4 Å². The van der Waals surface area contributed by atoms with Gasteiger partial charge >= 0.3 is 0 Å². The van der Waals surface area contributed by atoms with E-state index >= 15 is 0 Å². The Morgan fingerprint density at radius 3 is 2.00 bits per heavy atom. The second kappa shape index (κ2) is 5.37. The molecule has 0 unspecified atom stereocenters. The van der Waals surface area contributed by atoms with Gasteiger partial charge in [0.05, 0.1) is 5.69 Å². The molecule has 0 saturated carbocycles. The van der Waals surface area contributed by atoms with Crippen LogP contribution in [0, 0.1) is 13.8 Å². The van der Waals surface area contributed by atoms with Gasteiger partial charge < -0.3 is 5.73 Å². The Morgan fingerprint density at radius 2 is 1.67 bits per heavy atom. The third kappa shape index (κ3) is 3.72. The zero-order chi connectivity index (χ0) is 12.2. The molecule has 0 spiro atoms. The van der Waals surface area contributed by atoms with Crippen LogP contribution in [0.5, 0.6) is 0 Å². The van der Waals surface area contributed by atoms with Crippen molar-refractivity contribution in [3.63, 3.8) is 0 Å². The fourth-order valence-electron chi connectivity index (χ4n) is 1.32. The van der Waals surface area contributed by atoms with Gasteiger partial charge in [-0.1, -0.05) is 19.9 Å². The van der Waals surface area contributed by atoms with Crippen LogP contribution < -0.4 is 5.73 Å². The third-order valence-corrected chi connectivity index (χ3v) is 3.20. The van der Waals surface area contributed by atoms with Gasteiger partial charge in [-0.15, -0.1) is 0 Å². The van der Waals surface area contributed by atoms with Crippen LogP contribution in [0.15, 0.2) is 17.0 Å². The zero-order valence-corrected chi connectivity index (χ0v) is 10.9. The quantitative estimate of drug-likeness (QED) is 0.615. The second-order valence-corrected chi connectivity index (χ2v) is 5.44. The highest BCUT2D eigenvalue weighted by Crippen LogP contribution is 2.27. The first kappa shape index (κ1) is 14.3. The van der Waals surface area contributed by atoms with Crippen molar-refractivity contribution < 1.29 is 8.42 Å². The molecule has 0 heterocycles. The lowest BCUT2D eigenvalue weighted by atomic mass is 10.1. The Hall–Kier alpha value is -0.740. The van der Waals surface area contributed by atoms with Crippen LogP contribution in [0.25, 0.3) is 0 Å². The summed E-state index contributed by atoms with van der Waals surface area (Å²) in [6, 6.07) is 3.31. The number of halogens is 1. The van der Waals surface area contributed by atoms with Crippen LogP contribution in [0.1, 0.15) is 25.0 Å². The molecule has 2 N–H and O–H groups in total. The molecule has 0 aliphatic heterocycles. The van der Waals surface area contributed by atoms with Gasteiger partial charge in [0, 0.05) is 10.7 Å².